The van der Waals surface area contributed by atoms with Crippen LogP contribution in [0.5, 0.6) is 0 Å². The van der Waals surface area contributed by atoms with Crippen molar-refractivity contribution in [2.24, 2.45) is 11.8 Å². The number of piperidine rings is 1. The van der Waals surface area contributed by atoms with Crippen LogP contribution in [0.25, 0.3) is 0 Å². The maximum absolute atomic E-state index is 12.3. The highest BCUT2D eigenvalue weighted by Gasteiger charge is 2.35. The molecule has 1 amide bonds. The van der Waals surface area contributed by atoms with Crippen molar-refractivity contribution in [2.45, 2.75) is 44.1 Å². The number of hydrogen-bond acceptors (Lipinski definition) is 4. The molecule has 3 rings (SSSR count). The average molecular weight is 340 g/mol. The van der Waals surface area contributed by atoms with E-state index in [9.17, 15) is 13.2 Å². The smallest absolute Gasteiger partial charge is 0.257 e. The summed E-state index contributed by atoms with van der Waals surface area (Å²) >= 11 is 0. The number of nitrogens with one attached hydrogen (secondary N) is 2. The van der Waals surface area contributed by atoms with Crippen LogP contribution in [0, 0.1) is 11.8 Å². The Bertz CT molecular complexity index is 666. The maximum Gasteiger partial charge on any atom is 0.257 e. The fourth-order valence-electron chi connectivity index (χ4n) is 2.99. The van der Waals surface area contributed by atoms with E-state index in [4.69, 9.17) is 0 Å². The van der Waals surface area contributed by atoms with Crippen LogP contribution in [0.4, 0.5) is 0 Å². The third-order valence-corrected chi connectivity index (χ3v) is 5.88. The van der Waals surface area contributed by atoms with Crippen LogP contribution in [0.1, 0.15) is 38.4 Å². The summed E-state index contributed by atoms with van der Waals surface area (Å²) in [6, 6.07) is 0. The molecule has 128 valence electrons. The number of nitrogens with zero attached hydrogens (tertiary/aromatic N) is 2. The molecule has 0 unspecified atom stereocenters. The Morgan fingerprint density at radius 1 is 1.43 bits per heavy atom. The van der Waals surface area contributed by atoms with Crippen LogP contribution < -0.4 is 4.72 Å². The van der Waals surface area contributed by atoms with E-state index < -0.39 is 10.0 Å². The molecule has 2 fully saturated rings. The second kappa shape index (κ2) is 6.60. The van der Waals surface area contributed by atoms with Gasteiger partial charge in [-0.2, -0.15) is 0 Å². The van der Waals surface area contributed by atoms with Gasteiger partial charge in [0.15, 0.2) is 5.03 Å². The lowest BCUT2D eigenvalue weighted by Gasteiger charge is -2.33. The third kappa shape index (κ3) is 3.92. The number of likely N-dealkylation sites (tertiary alicyclic amines) is 1. The summed E-state index contributed by atoms with van der Waals surface area (Å²) in [7, 11) is -3.56. The lowest BCUT2D eigenvalue weighted by molar-refractivity contribution is -0.134. The average Bonchev–Trinajstić information content (AvgIpc) is 3.29. The molecule has 0 aromatic carbocycles. The van der Waals surface area contributed by atoms with Gasteiger partial charge in [0, 0.05) is 32.0 Å². The Hall–Kier alpha value is -1.41. The summed E-state index contributed by atoms with van der Waals surface area (Å²) in [4.78, 5) is 20.9. The number of hydrogen-bond donors (Lipinski definition) is 2. The second-order valence-corrected chi connectivity index (χ2v) is 8.20. The van der Waals surface area contributed by atoms with Gasteiger partial charge < -0.3 is 9.88 Å². The summed E-state index contributed by atoms with van der Waals surface area (Å²) in [5.41, 5.74) is 0. The number of aromatic amines is 1. The fourth-order valence-corrected chi connectivity index (χ4v) is 4.04. The first-order valence-electron chi connectivity index (χ1n) is 8.32. The molecule has 0 radical (unpaired) electrons. The van der Waals surface area contributed by atoms with Crippen LogP contribution in [0.2, 0.25) is 0 Å². The molecule has 2 heterocycles. The zero-order valence-corrected chi connectivity index (χ0v) is 14.2. The Morgan fingerprint density at radius 2 is 2.22 bits per heavy atom. The van der Waals surface area contributed by atoms with E-state index >= 15 is 0 Å². The number of H-pyrrole nitrogens is 1. The number of carbonyl (C=O) groups excluding carboxylic acids is 1. The number of aryl methyl sites for hydroxylation is 1. The van der Waals surface area contributed by atoms with Crippen LogP contribution in [-0.4, -0.2) is 48.8 Å². The van der Waals surface area contributed by atoms with E-state index in [0.717, 1.165) is 32.2 Å². The van der Waals surface area contributed by atoms with Gasteiger partial charge in [-0.1, -0.05) is 6.92 Å². The van der Waals surface area contributed by atoms with Gasteiger partial charge in [-0.3, -0.25) is 4.79 Å². The molecule has 23 heavy (non-hydrogen) atoms. The van der Waals surface area contributed by atoms with Gasteiger partial charge in [-0.05, 0) is 31.6 Å². The lowest BCUT2D eigenvalue weighted by atomic mass is 9.98. The molecular weight excluding hydrogens is 316 g/mol. The summed E-state index contributed by atoms with van der Waals surface area (Å²) in [6.07, 6.45) is 5.91. The minimum atomic E-state index is -3.56. The highest BCUT2D eigenvalue weighted by atomic mass is 32.2. The van der Waals surface area contributed by atoms with Crippen molar-refractivity contribution in [3.8, 4) is 0 Å². The Balaban J connectivity index is 1.55. The van der Waals surface area contributed by atoms with E-state index in [2.05, 4.69) is 14.7 Å². The molecule has 1 atom stereocenters. The second-order valence-electron chi connectivity index (χ2n) is 6.47. The highest BCUT2D eigenvalue weighted by molar-refractivity contribution is 7.89. The first-order chi connectivity index (χ1) is 11.0. The van der Waals surface area contributed by atoms with Gasteiger partial charge in [-0.25, -0.2) is 18.1 Å². The monoisotopic (exact) mass is 340 g/mol. The Morgan fingerprint density at radius 3 is 2.87 bits per heavy atom. The zero-order valence-electron chi connectivity index (χ0n) is 13.4. The van der Waals surface area contributed by atoms with Crippen molar-refractivity contribution in [3.05, 3.63) is 12.0 Å². The number of aromatic nitrogens is 2. The minimum absolute atomic E-state index is 0.107. The van der Waals surface area contributed by atoms with E-state index in [1.165, 1.54) is 6.20 Å². The van der Waals surface area contributed by atoms with Gasteiger partial charge in [0.05, 0.1) is 6.20 Å². The molecule has 1 aliphatic carbocycles. The summed E-state index contributed by atoms with van der Waals surface area (Å²) in [5.74, 6) is 1.31. The van der Waals surface area contributed by atoms with Gasteiger partial charge >= 0.3 is 0 Å². The molecule has 0 bridgehead atoms. The third-order valence-electron chi connectivity index (χ3n) is 4.55. The number of imidazole rings is 1. The molecule has 1 aromatic heterocycles. The number of carbonyl (C=O) groups is 1. The van der Waals surface area contributed by atoms with Crippen molar-refractivity contribution in [1.82, 2.24) is 19.6 Å². The van der Waals surface area contributed by atoms with Gasteiger partial charge in [0.1, 0.15) is 5.82 Å². The van der Waals surface area contributed by atoms with Gasteiger partial charge in [0.2, 0.25) is 5.91 Å². The molecule has 1 aromatic rings. The van der Waals surface area contributed by atoms with Crippen molar-refractivity contribution in [1.29, 1.82) is 0 Å². The van der Waals surface area contributed by atoms with Gasteiger partial charge in [-0.15, -0.1) is 0 Å². The number of rotatable bonds is 6. The van der Waals surface area contributed by atoms with E-state index in [1.807, 2.05) is 11.8 Å². The molecule has 1 aliphatic heterocycles. The van der Waals surface area contributed by atoms with E-state index in [-0.39, 0.29) is 22.8 Å². The highest BCUT2D eigenvalue weighted by Crippen LogP contribution is 2.32. The number of amides is 1. The summed E-state index contributed by atoms with van der Waals surface area (Å²) < 4.78 is 27.2. The summed E-state index contributed by atoms with van der Waals surface area (Å²) in [5, 5.41) is 0.107. The first kappa shape index (κ1) is 16.4. The summed E-state index contributed by atoms with van der Waals surface area (Å²) in [6.45, 7) is 3.73. The van der Waals surface area contributed by atoms with Crippen LogP contribution in [-0.2, 0) is 21.2 Å². The maximum atomic E-state index is 12.3. The van der Waals surface area contributed by atoms with E-state index in [1.54, 1.807) is 0 Å². The van der Waals surface area contributed by atoms with Crippen molar-refractivity contribution in [3.63, 3.8) is 0 Å². The molecular formula is C15H24N4O3S. The molecule has 2 N–H and O–H groups in total. The Kier molecular flexibility index (Phi) is 4.72. The van der Waals surface area contributed by atoms with Crippen molar-refractivity contribution >= 4 is 15.9 Å². The Labute approximate surface area is 136 Å². The van der Waals surface area contributed by atoms with Crippen molar-refractivity contribution < 1.29 is 13.2 Å². The molecule has 7 nitrogen and oxygen atoms in total. The molecule has 8 heteroatoms. The quantitative estimate of drug-likeness (QED) is 0.804. The predicted molar refractivity (Wildman–Crippen MR) is 85.2 cm³/mol. The molecule has 2 aliphatic rings. The van der Waals surface area contributed by atoms with Crippen molar-refractivity contribution in [2.75, 3.05) is 19.6 Å². The largest absolute Gasteiger partial charge is 0.342 e. The van der Waals surface area contributed by atoms with E-state index in [0.29, 0.717) is 25.3 Å². The zero-order chi connectivity index (χ0) is 16.4. The topological polar surface area (TPSA) is 95.2 Å². The molecule has 1 saturated carbocycles. The standard InChI is InChI=1S/C15H24N4O3S/c1-2-13-16-9-14(18-13)23(21,22)17-8-11-4-3-7-19(10-11)15(20)12-5-6-12/h9,11-12,17H,2-8,10H2,1H3,(H,16,18)/t11-/m1/s1. The lowest BCUT2D eigenvalue weighted by Crippen LogP contribution is -2.44. The fraction of sp³-hybridized carbons (Fsp3) is 0.733. The van der Waals surface area contributed by atoms with Crippen LogP contribution in [0.15, 0.2) is 11.2 Å². The SMILES string of the molecule is CCc1ncc(S(=O)(=O)NC[C@H]2CCCN(C(=O)C3CC3)C2)[nH]1. The molecule has 1 saturated heterocycles. The normalized spacial score (nSPS) is 22.3. The van der Waals surface area contributed by atoms with Crippen LogP contribution >= 0.6 is 0 Å². The molecule has 0 spiro atoms. The van der Waals surface area contributed by atoms with Crippen LogP contribution in [0.3, 0.4) is 0 Å². The first-order valence-corrected chi connectivity index (χ1v) is 9.80. The predicted octanol–water partition coefficient (Wildman–Crippen LogP) is 0.899. The number of sulfonamides is 1. The van der Waals surface area contributed by atoms with Gasteiger partial charge in [0.25, 0.3) is 10.0 Å². The minimum Gasteiger partial charge on any atom is -0.342 e.